The smallest absolute Gasteiger partial charge is 0.309 e. The van der Waals surface area contributed by atoms with E-state index in [0.29, 0.717) is 47.7 Å². The number of aliphatic carboxylic acids is 2. The van der Waals surface area contributed by atoms with Crippen molar-refractivity contribution in [3.8, 4) is 23.0 Å². The van der Waals surface area contributed by atoms with Gasteiger partial charge in [-0.1, -0.05) is 147 Å². The van der Waals surface area contributed by atoms with Crippen LogP contribution in [0.5, 0.6) is 23.0 Å². The van der Waals surface area contributed by atoms with Crippen molar-refractivity contribution in [2.24, 2.45) is 29.1 Å². The van der Waals surface area contributed by atoms with Crippen LogP contribution in [0.2, 0.25) is 0 Å². The molecule has 4 atom stereocenters. The number of ether oxygens (including phenoxy) is 2. The van der Waals surface area contributed by atoms with Crippen molar-refractivity contribution >= 4 is 23.8 Å². The zero-order valence-corrected chi connectivity index (χ0v) is 36.7. The average Bonchev–Trinajstić information content (AvgIpc) is 4.28. The number of benzene rings is 6. The highest BCUT2D eigenvalue weighted by Gasteiger charge is 2.71. The van der Waals surface area contributed by atoms with Crippen molar-refractivity contribution in [1.29, 1.82) is 0 Å². The third-order valence-electron chi connectivity index (χ3n) is 13.5. The van der Waals surface area contributed by atoms with Gasteiger partial charge in [-0.25, -0.2) is 0 Å². The predicted octanol–water partition coefficient (Wildman–Crippen LogP) is 11.5. The van der Waals surface area contributed by atoms with Crippen molar-refractivity contribution in [2.45, 2.75) is 70.1 Å². The molecule has 2 amide bonds. The maximum absolute atomic E-state index is 16.3. The Balaban J connectivity index is 1.14. The molecule has 3 aliphatic carbocycles. The molecule has 336 valence electrons. The SMILES string of the molecule is O=C(O)[C@H]1CC(C(=O)N(Cc2ccc(Oc3ccccc3)cc2)[C@H](CC2CC2)c2ccccc2)(C(=O)N(Cc2ccc(Oc3ccccc3)cc2)[C@H](CC2CC2)c2ccccc2)[C@@H]1C(=O)O. The third kappa shape index (κ3) is 9.88. The largest absolute Gasteiger partial charge is 0.481 e. The molecule has 10 nitrogen and oxygen atoms in total. The Morgan fingerprint density at radius 1 is 0.485 bits per heavy atom. The van der Waals surface area contributed by atoms with E-state index in [-0.39, 0.29) is 13.1 Å². The number of carboxylic acids is 2. The molecule has 0 unspecified atom stereocenters. The first kappa shape index (κ1) is 44.0. The Labute approximate surface area is 385 Å². The second-order valence-electron chi connectivity index (χ2n) is 18.1. The van der Waals surface area contributed by atoms with Crippen molar-refractivity contribution in [3.63, 3.8) is 0 Å². The lowest BCUT2D eigenvalue weighted by atomic mass is 9.51. The van der Waals surface area contributed by atoms with Gasteiger partial charge in [0, 0.05) is 13.1 Å². The Bertz CT molecular complexity index is 2440. The van der Waals surface area contributed by atoms with E-state index >= 15 is 9.59 Å². The highest BCUT2D eigenvalue weighted by atomic mass is 16.5. The van der Waals surface area contributed by atoms with Crippen molar-refractivity contribution < 1.29 is 38.9 Å². The number of nitrogens with zero attached hydrogens (tertiary/aromatic N) is 2. The molecule has 0 heterocycles. The summed E-state index contributed by atoms with van der Waals surface area (Å²) < 4.78 is 12.2. The van der Waals surface area contributed by atoms with E-state index in [1.807, 2.05) is 170 Å². The lowest BCUT2D eigenvalue weighted by Crippen LogP contribution is -2.68. The Morgan fingerprint density at radius 3 is 1.17 bits per heavy atom. The molecule has 10 heteroatoms. The molecule has 0 aromatic heterocycles. The molecule has 3 fully saturated rings. The fourth-order valence-corrected chi connectivity index (χ4v) is 9.62. The normalized spacial score (nSPS) is 18.2. The molecule has 66 heavy (non-hydrogen) atoms. The zero-order valence-electron chi connectivity index (χ0n) is 36.7. The van der Waals surface area contributed by atoms with Crippen LogP contribution in [0.1, 0.15) is 79.3 Å². The first-order chi connectivity index (χ1) is 32.2. The number of para-hydroxylation sites is 2. The standard InChI is InChI=1S/C56H54N2O8/c59-52(60)48-35-56(51(48)53(61)62,54(63)57(49(33-38-21-22-38)42-13-5-1-6-14-42)36-40-25-29-46(30-26-40)65-44-17-9-3-10-18-44)55(64)58(50(34-39-23-24-39)43-15-7-2-8-16-43)37-41-27-31-47(32-28-41)66-45-19-11-4-12-20-45/h1-20,25-32,38-39,48-51H,21-24,33-37H2,(H,59,60)(H,61,62)/t48-,49+,50+,51-/m0/s1. The molecule has 3 aliphatic rings. The molecular formula is C56H54N2O8. The topological polar surface area (TPSA) is 134 Å². The monoisotopic (exact) mass is 882 g/mol. The molecular weight excluding hydrogens is 829 g/mol. The van der Waals surface area contributed by atoms with Gasteiger partial charge in [0.05, 0.1) is 23.9 Å². The van der Waals surface area contributed by atoms with Gasteiger partial charge in [-0.3, -0.25) is 19.2 Å². The summed E-state index contributed by atoms with van der Waals surface area (Å²) in [5.41, 5.74) is 0.963. The molecule has 3 saturated carbocycles. The number of hydrogen-bond acceptors (Lipinski definition) is 6. The number of amides is 2. The number of carbonyl (C=O) groups excluding carboxylic acids is 2. The lowest BCUT2D eigenvalue weighted by Gasteiger charge is -2.53. The van der Waals surface area contributed by atoms with Crippen molar-refractivity contribution in [1.82, 2.24) is 9.80 Å². The van der Waals surface area contributed by atoms with Gasteiger partial charge in [0.25, 0.3) is 0 Å². The van der Waals surface area contributed by atoms with E-state index < -0.39 is 59.5 Å². The summed E-state index contributed by atoms with van der Waals surface area (Å²) in [7, 11) is 0. The maximum Gasteiger partial charge on any atom is 0.309 e. The van der Waals surface area contributed by atoms with Crippen LogP contribution in [0.25, 0.3) is 0 Å². The van der Waals surface area contributed by atoms with E-state index in [9.17, 15) is 19.8 Å². The number of carboxylic acid groups (broad SMARTS) is 2. The summed E-state index contributed by atoms with van der Waals surface area (Å²) in [6.07, 6.45) is 4.71. The minimum atomic E-state index is -2.24. The zero-order chi connectivity index (χ0) is 45.6. The molecule has 0 radical (unpaired) electrons. The lowest BCUT2D eigenvalue weighted by molar-refractivity contribution is -0.196. The second kappa shape index (κ2) is 19.5. The Hall–Kier alpha value is -7.20. The summed E-state index contributed by atoms with van der Waals surface area (Å²) in [4.78, 5) is 62.5. The van der Waals surface area contributed by atoms with E-state index in [1.165, 1.54) is 0 Å². The fourth-order valence-electron chi connectivity index (χ4n) is 9.62. The minimum absolute atomic E-state index is 0.0445. The molecule has 9 rings (SSSR count). The van der Waals surface area contributed by atoms with Crippen LogP contribution in [-0.2, 0) is 32.3 Å². The van der Waals surface area contributed by atoms with Crippen LogP contribution in [0, 0.1) is 29.1 Å². The van der Waals surface area contributed by atoms with Crippen molar-refractivity contribution in [3.05, 3.63) is 192 Å². The van der Waals surface area contributed by atoms with Crippen LogP contribution in [0.4, 0.5) is 0 Å². The highest BCUT2D eigenvalue weighted by molar-refractivity contribution is 6.11. The minimum Gasteiger partial charge on any atom is -0.481 e. The van der Waals surface area contributed by atoms with Gasteiger partial charge < -0.3 is 29.5 Å². The molecule has 0 saturated heterocycles. The molecule has 0 spiro atoms. The van der Waals surface area contributed by atoms with Crippen LogP contribution >= 0.6 is 0 Å². The summed E-state index contributed by atoms with van der Waals surface area (Å²) in [5.74, 6) is -4.28. The van der Waals surface area contributed by atoms with Gasteiger partial charge in [0.1, 0.15) is 28.4 Å². The van der Waals surface area contributed by atoms with E-state index in [0.717, 1.165) is 47.9 Å². The van der Waals surface area contributed by atoms with Gasteiger partial charge in [-0.15, -0.1) is 0 Å². The number of hydrogen-bond donors (Lipinski definition) is 2. The fraction of sp³-hybridized carbons (Fsp3) is 0.286. The summed E-state index contributed by atoms with van der Waals surface area (Å²) >= 11 is 0. The summed E-state index contributed by atoms with van der Waals surface area (Å²) in [6, 6.07) is 51.9. The first-order valence-electron chi connectivity index (χ1n) is 23.0. The molecule has 2 N–H and O–H groups in total. The first-order valence-corrected chi connectivity index (χ1v) is 23.0. The van der Waals surface area contributed by atoms with E-state index in [4.69, 9.17) is 9.47 Å². The Morgan fingerprint density at radius 2 is 0.833 bits per heavy atom. The summed E-state index contributed by atoms with van der Waals surface area (Å²) in [5, 5.41) is 21.7. The molecule has 0 aliphatic heterocycles. The van der Waals surface area contributed by atoms with Gasteiger partial charge in [0.15, 0.2) is 0 Å². The van der Waals surface area contributed by atoms with Crippen LogP contribution in [0.15, 0.2) is 170 Å². The second-order valence-corrected chi connectivity index (χ2v) is 18.1. The quantitative estimate of drug-likeness (QED) is 0.0724. The van der Waals surface area contributed by atoms with E-state index in [1.54, 1.807) is 9.80 Å². The molecule has 6 aromatic rings. The van der Waals surface area contributed by atoms with Gasteiger partial charge >= 0.3 is 11.9 Å². The Kier molecular flexibility index (Phi) is 13.0. The van der Waals surface area contributed by atoms with Crippen LogP contribution in [-0.4, -0.2) is 43.8 Å². The van der Waals surface area contributed by atoms with Gasteiger partial charge in [-0.2, -0.15) is 0 Å². The molecule has 6 aromatic carbocycles. The average molecular weight is 883 g/mol. The van der Waals surface area contributed by atoms with Gasteiger partial charge in [0.2, 0.25) is 11.8 Å². The van der Waals surface area contributed by atoms with Crippen LogP contribution < -0.4 is 9.47 Å². The van der Waals surface area contributed by atoms with E-state index in [2.05, 4.69) is 0 Å². The highest BCUT2D eigenvalue weighted by Crippen LogP contribution is 2.57. The van der Waals surface area contributed by atoms with Gasteiger partial charge in [-0.05, 0) is 102 Å². The number of rotatable bonds is 20. The maximum atomic E-state index is 16.3. The summed E-state index contributed by atoms with van der Waals surface area (Å²) in [6.45, 7) is 0.0891. The number of carbonyl (C=O) groups is 4. The predicted molar refractivity (Wildman–Crippen MR) is 249 cm³/mol. The van der Waals surface area contributed by atoms with Crippen molar-refractivity contribution in [2.75, 3.05) is 0 Å². The molecule has 0 bridgehead atoms. The third-order valence-corrected chi connectivity index (χ3v) is 13.5. The van der Waals surface area contributed by atoms with Crippen LogP contribution in [0.3, 0.4) is 0 Å².